The van der Waals surface area contributed by atoms with E-state index >= 15 is 0 Å². The van der Waals surface area contributed by atoms with Crippen LogP contribution in [0.25, 0.3) is 0 Å². The lowest BCUT2D eigenvalue weighted by molar-refractivity contribution is -0.107. The normalized spacial score (nSPS) is 11.1. The average Bonchev–Trinajstić information content (AvgIpc) is 2.93. The Morgan fingerprint density at radius 2 is 0.683 bits per heavy atom. The van der Waals surface area contributed by atoms with Gasteiger partial charge in [0.05, 0.1) is 0 Å². The van der Waals surface area contributed by atoms with E-state index in [1.807, 2.05) is 0 Å². The summed E-state index contributed by atoms with van der Waals surface area (Å²) >= 11 is 0. The SMILES string of the molecule is CCCCCCCCC=CCCCCCCCC=O.CCCCCCCCCCCCCCCCO.O=S(=O)(O)O. The second-order valence-corrected chi connectivity index (χ2v) is 12.2. The van der Waals surface area contributed by atoms with Gasteiger partial charge in [0.1, 0.15) is 6.29 Å². The highest BCUT2D eigenvalue weighted by molar-refractivity contribution is 7.79. The van der Waals surface area contributed by atoms with Crippen molar-refractivity contribution in [3.63, 3.8) is 0 Å². The number of aliphatic hydroxyl groups is 1. The van der Waals surface area contributed by atoms with Crippen molar-refractivity contribution in [3.05, 3.63) is 12.2 Å². The number of carbonyl (C=O) groups is 1. The Bertz CT molecular complexity index is 570. The molecule has 0 heterocycles. The lowest BCUT2D eigenvalue weighted by Gasteiger charge is -2.02. The van der Waals surface area contributed by atoms with Crippen LogP contribution in [0, 0.1) is 0 Å². The van der Waals surface area contributed by atoms with Gasteiger partial charge in [0, 0.05) is 13.0 Å². The van der Waals surface area contributed by atoms with Crippen molar-refractivity contribution in [2.24, 2.45) is 0 Å². The van der Waals surface area contributed by atoms with Crippen LogP contribution in [0.3, 0.4) is 0 Å². The predicted molar refractivity (Wildman–Crippen MR) is 177 cm³/mol. The van der Waals surface area contributed by atoms with E-state index in [-0.39, 0.29) is 0 Å². The molecule has 0 unspecified atom stereocenters. The van der Waals surface area contributed by atoms with Gasteiger partial charge in [-0.25, -0.2) is 0 Å². The first-order valence-electron chi connectivity index (χ1n) is 17.2. The zero-order valence-electron chi connectivity index (χ0n) is 27.2. The van der Waals surface area contributed by atoms with Crippen LogP contribution < -0.4 is 0 Å². The molecule has 7 heteroatoms. The minimum Gasteiger partial charge on any atom is -0.396 e. The van der Waals surface area contributed by atoms with Gasteiger partial charge in [-0.15, -0.1) is 0 Å². The van der Waals surface area contributed by atoms with Crippen LogP contribution in [-0.4, -0.2) is 35.5 Å². The second kappa shape index (κ2) is 41.4. The number of aliphatic hydroxyl groups excluding tert-OH is 1. The number of rotatable bonds is 29. The molecule has 0 aromatic rings. The number of hydrogen-bond acceptors (Lipinski definition) is 4. The van der Waals surface area contributed by atoms with E-state index in [1.54, 1.807) is 0 Å². The highest BCUT2D eigenvalue weighted by atomic mass is 32.3. The molecular formula is C34H70O6S. The van der Waals surface area contributed by atoms with Crippen molar-refractivity contribution in [2.45, 2.75) is 194 Å². The maximum absolute atomic E-state index is 10.1. The van der Waals surface area contributed by atoms with Gasteiger partial charge in [0.15, 0.2) is 0 Å². The van der Waals surface area contributed by atoms with Gasteiger partial charge in [0.25, 0.3) is 0 Å². The second-order valence-electron chi connectivity index (χ2n) is 11.3. The number of carbonyl (C=O) groups excluding carboxylic acids is 1. The average molecular weight is 607 g/mol. The van der Waals surface area contributed by atoms with Gasteiger partial charge in [-0.1, -0.05) is 161 Å². The van der Waals surface area contributed by atoms with Gasteiger partial charge < -0.3 is 9.90 Å². The fourth-order valence-corrected chi connectivity index (χ4v) is 4.60. The van der Waals surface area contributed by atoms with Crippen molar-refractivity contribution in [2.75, 3.05) is 6.61 Å². The third kappa shape index (κ3) is 63.6. The summed E-state index contributed by atoms with van der Waals surface area (Å²) in [4.78, 5) is 10.1. The number of hydrogen-bond donors (Lipinski definition) is 3. The predicted octanol–water partition coefficient (Wildman–Crippen LogP) is 11.0. The molecule has 0 spiro atoms. The standard InChI is InChI=1S/C18H34O.C16H34O.H2O4S/c1-2-3-4-5-6-7-8-9-10-11-12-13-14-15-16-17-18-19;1-2-3-4-5-6-7-8-9-10-11-12-13-14-15-16-17;1-5(2,3)4/h9-10,18H,2-8,11-17H2,1H3;17H,2-16H2,1H3;(H2,1,2,3,4). The molecule has 41 heavy (non-hydrogen) atoms. The molecule has 0 radical (unpaired) electrons. The molecule has 0 amide bonds. The monoisotopic (exact) mass is 606 g/mol. The van der Waals surface area contributed by atoms with Crippen LogP contribution in [-0.2, 0) is 15.2 Å². The van der Waals surface area contributed by atoms with Gasteiger partial charge in [-0.2, -0.15) is 8.42 Å². The number of allylic oxidation sites excluding steroid dienone is 2. The van der Waals surface area contributed by atoms with Crippen molar-refractivity contribution in [3.8, 4) is 0 Å². The van der Waals surface area contributed by atoms with Crippen molar-refractivity contribution in [1.82, 2.24) is 0 Å². The molecule has 0 aliphatic heterocycles. The number of aldehydes is 1. The molecule has 0 aromatic carbocycles. The minimum absolute atomic E-state index is 0.373. The van der Waals surface area contributed by atoms with Crippen LogP contribution in [0.15, 0.2) is 12.2 Å². The molecular weight excluding hydrogens is 536 g/mol. The smallest absolute Gasteiger partial charge is 0.394 e. The zero-order valence-corrected chi connectivity index (χ0v) is 28.0. The van der Waals surface area contributed by atoms with Crippen LogP contribution in [0.5, 0.6) is 0 Å². The molecule has 0 fully saturated rings. The maximum atomic E-state index is 10.1. The minimum atomic E-state index is -4.67. The van der Waals surface area contributed by atoms with E-state index in [4.69, 9.17) is 22.6 Å². The van der Waals surface area contributed by atoms with E-state index in [0.717, 1.165) is 25.5 Å². The van der Waals surface area contributed by atoms with Gasteiger partial charge in [0.2, 0.25) is 0 Å². The van der Waals surface area contributed by atoms with E-state index in [2.05, 4.69) is 26.0 Å². The van der Waals surface area contributed by atoms with Crippen LogP contribution in [0.1, 0.15) is 194 Å². The Kier molecular flexibility index (Phi) is 45.1. The summed E-state index contributed by atoms with van der Waals surface area (Å²) in [5.74, 6) is 0. The van der Waals surface area contributed by atoms with E-state index < -0.39 is 10.4 Å². The molecule has 6 nitrogen and oxygen atoms in total. The molecule has 248 valence electrons. The Morgan fingerprint density at radius 3 is 0.951 bits per heavy atom. The van der Waals surface area contributed by atoms with Crippen LogP contribution in [0.2, 0.25) is 0 Å². The molecule has 0 saturated carbocycles. The Balaban J connectivity index is -0.000000606. The topological polar surface area (TPSA) is 112 Å². The first-order chi connectivity index (χ1) is 19.8. The van der Waals surface area contributed by atoms with Gasteiger partial charge in [-0.3, -0.25) is 9.11 Å². The first-order valence-corrected chi connectivity index (χ1v) is 18.6. The fourth-order valence-electron chi connectivity index (χ4n) is 4.60. The number of unbranched alkanes of at least 4 members (excludes halogenated alkanes) is 25. The lowest BCUT2D eigenvalue weighted by atomic mass is 10.0. The Morgan fingerprint density at radius 1 is 0.439 bits per heavy atom. The first kappa shape index (κ1) is 44.7. The third-order valence-electron chi connectivity index (χ3n) is 7.10. The summed E-state index contributed by atoms with van der Waals surface area (Å²) in [5.41, 5.74) is 0. The maximum Gasteiger partial charge on any atom is 0.394 e. The largest absolute Gasteiger partial charge is 0.396 e. The summed E-state index contributed by atoms with van der Waals surface area (Å²) in [6.07, 6.45) is 42.8. The quantitative estimate of drug-likeness (QED) is 0.0338. The van der Waals surface area contributed by atoms with Gasteiger partial charge in [-0.05, 0) is 38.5 Å². The Hall–Kier alpha value is -0.760. The molecule has 0 aliphatic carbocycles. The molecule has 0 bridgehead atoms. The molecule has 3 N–H and O–H groups in total. The Labute approximate surface area is 256 Å². The molecule has 0 aliphatic rings. The van der Waals surface area contributed by atoms with Crippen molar-refractivity contribution in [1.29, 1.82) is 0 Å². The van der Waals surface area contributed by atoms with E-state index in [0.29, 0.717) is 6.61 Å². The van der Waals surface area contributed by atoms with Crippen LogP contribution >= 0.6 is 0 Å². The molecule has 0 rings (SSSR count). The molecule has 0 aromatic heterocycles. The van der Waals surface area contributed by atoms with E-state index in [9.17, 15) is 4.79 Å². The summed E-state index contributed by atoms with van der Waals surface area (Å²) in [6.45, 7) is 4.92. The molecule has 0 saturated heterocycles. The van der Waals surface area contributed by atoms with Crippen LogP contribution in [0.4, 0.5) is 0 Å². The third-order valence-corrected chi connectivity index (χ3v) is 7.10. The van der Waals surface area contributed by atoms with Gasteiger partial charge >= 0.3 is 10.4 Å². The highest BCUT2D eigenvalue weighted by Gasteiger charge is 1.94. The van der Waals surface area contributed by atoms with Crippen molar-refractivity contribution < 1.29 is 27.4 Å². The van der Waals surface area contributed by atoms with E-state index in [1.165, 1.54) is 161 Å². The van der Waals surface area contributed by atoms with Crippen molar-refractivity contribution >= 4 is 16.7 Å². The molecule has 0 atom stereocenters. The fraction of sp³-hybridized carbons (Fsp3) is 0.912. The summed E-state index contributed by atoms with van der Waals surface area (Å²) in [7, 11) is -4.67. The summed E-state index contributed by atoms with van der Waals surface area (Å²) in [5, 5.41) is 8.64. The summed E-state index contributed by atoms with van der Waals surface area (Å²) < 4.78 is 31.6. The lowest BCUT2D eigenvalue weighted by Crippen LogP contribution is -1.89. The zero-order chi connectivity index (χ0) is 31.1. The summed E-state index contributed by atoms with van der Waals surface area (Å²) in [6, 6.07) is 0. The highest BCUT2D eigenvalue weighted by Crippen LogP contribution is 2.13.